The zero-order valence-corrected chi connectivity index (χ0v) is 11.1. The molecule has 0 aromatic heterocycles. The SMILES string of the molecule is COc1ccc(Br)c(C(=O)N2CC[C@@H](O)C2)c1. The van der Waals surface area contributed by atoms with Crippen molar-refractivity contribution in [2.75, 3.05) is 20.2 Å². The molecule has 1 saturated heterocycles. The normalized spacial score (nSPS) is 19.5. The molecule has 0 saturated carbocycles. The Morgan fingerprint density at radius 3 is 2.94 bits per heavy atom. The molecular weight excluding hydrogens is 286 g/mol. The summed E-state index contributed by atoms with van der Waals surface area (Å²) in [4.78, 5) is 13.9. The van der Waals surface area contributed by atoms with Gasteiger partial charge < -0.3 is 14.7 Å². The van der Waals surface area contributed by atoms with E-state index in [1.165, 1.54) is 0 Å². The molecule has 0 radical (unpaired) electrons. The highest BCUT2D eigenvalue weighted by Crippen LogP contribution is 2.25. The van der Waals surface area contributed by atoms with Crippen molar-refractivity contribution in [3.8, 4) is 5.75 Å². The molecule has 1 aliphatic heterocycles. The van der Waals surface area contributed by atoms with Crippen LogP contribution in [0.25, 0.3) is 0 Å². The van der Waals surface area contributed by atoms with E-state index in [-0.39, 0.29) is 5.91 Å². The number of nitrogens with zero attached hydrogens (tertiary/aromatic N) is 1. The molecule has 1 amide bonds. The van der Waals surface area contributed by atoms with Crippen LogP contribution in [-0.2, 0) is 0 Å². The molecule has 1 heterocycles. The van der Waals surface area contributed by atoms with Gasteiger partial charge in [0.1, 0.15) is 5.75 Å². The molecular formula is C12H14BrNO3. The summed E-state index contributed by atoms with van der Waals surface area (Å²) in [5.74, 6) is 0.573. The maximum atomic E-state index is 12.2. The standard InChI is InChI=1S/C12H14BrNO3/c1-17-9-2-3-11(13)10(6-9)12(16)14-5-4-8(15)7-14/h2-3,6,8,15H,4-5,7H2,1H3/t8-/m1/s1. The van der Waals surface area contributed by atoms with Gasteiger partial charge in [-0.15, -0.1) is 0 Å². The van der Waals surface area contributed by atoms with Gasteiger partial charge in [0.25, 0.3) is 5.91 Å². The van der Waals surface area contributed by atoms with E-state index in [0.29, 0.717) is 30.8 Å². The van der Waals surface area contributed by atoms with Crippen LogP contribution in [0.4, 0.5) is 0 Å². The van der Waals surface area contributed by atoms with E-state index in [9.17, 15) is 9.90 Å². The summed E-state index contributed by atoms with van der Waals surface area (Å²) in [6.45, 7) is 1.01. The third-order valence-corrected chi connectivity index (χ3v) is 3.55. The molecule has 17 heavy (non-hydrogen) atoms. The second-order valence-electron chi connectivity index (χ2n) is 4.04. The number of ether oxygens (including phenoxy) is 1. The molecule has 1 fully saturated rings. The van der Waals surface area contributed by atoms with Crippen LogP contribution in [0.2, 0.25) is 0 Å². The fraction of sp³-hybridized carbons (Fsp3) is 0.417. The molecule has 0 aliphatic carbocycles. The second kappa shape index (κ2) is 5.06. The number of likely N-dealkylation sites (tertiary alicyclic amines) is 1. The van der Waals surface area contributed by atoms with E-state index in [4.69, 9.17) is 4.74 Å². The summed E-state index contributed by atoms with van der Waals surface area (Å²) in [5.41, 5.74) is 0.568. The van der Waals surface area contributed by atoms with Crippen molar-refractivity contribution in [3.63, 3.8) is 0 Å². The van der Waals surface area contributed by atoms with Crippen molar-refractivity contribution < 1.29 is 14.6 Å². The topological polar surface area (TPSA) is 49.8 Å². The Morgan fingerprint density at radius 1 is 1.59 bits per heavy atom. The Morgan fingerprint density at radius 2 is 2.35 bits per heavy atom. The highest BCUT2D eigenvalue weighted by molar-refractivity contribution is 9.10. The third-order valence-electron chi connectivity index (χ3n) is 2.85. The number of β-amino-alcohol motifs (C(OH)–C–C–N with tert-alkyl or cyclic N) is 1. The molecule has 5 heteroatoms. The van der Waals surface area contributed by atoms with Gasteiger partial charge in [-0.3, -0.25) is 4.79 Å². The average molecular weight is 300 g/mol. The number of methoxy groups -OCH3 is 1. The van der Waals surface area contributed by atoms with Gasteiger partial charge in [0.05, 0.1) is 18.8 Å². The van der Waals surface area contributed by atoms with Crippen LogP contribution in [-0.4, -0.2) is 42.2 Å². The Bertz CT molecular complexity index is 436. The third kappa shape index (κ3) is 2.61. The zero-order chi connectivity index (χ0) is 12.4. The maximum absolute atomic E-state index is 12.2. The van der Waals surface area contributed by atoms with Crippen LogP contribution < -0.4 is 4.74 Å². The van der Waals surface area contributed by atoms with E-state index in [1.54, 1.807) is 30.2 Å². The first-order valence-electron chi connectivity index (χ1n) is 5.42. The van der Waals surface area contributed by atoms with Gasteiger partial charge >= 0.3 is 0 Å². The summed E-state index contributed by atoms with van der Waals surface area (Å²) < 4.78 is 5.84. The van der Waals surface area contributed by atoms with Crippen LogP contribution >= 0.6 is 15.9 Å². The fourth-order valence-electron chi connectivity index (χ4n) is 1.89. The summed E-state index contributed by atoms with van der Waals surface area (Å²) in [6, 6.07) is 5.29. The lowest BCUT2D eigenvalue weighted by molar-refractivity contribution is 0.0763. The number of rotatable bonds is 2. The van der Waals surface area contributed by atoms with Gasteiger partial charge in [-0.25, -0.2) is 0 Å². The molecule has 4 nitrogen and oxygen atoms in total. The molecule has 1 aromatic carbocycles. The Labute approximate surface area is 108 Å². The zero-order valence-electron chi connectivity index (χ0n) is 9.52. The predicted octanol–water partition coefficient (Wildman–Crippen LogP) is 1.66. The quantitative estimate of drug-likeness (QED) is 0.904. The molecule has 2 rings (SSSR count). The van der Waals surface area contributed by atoms with Crippen LogP contribution in [0.5, 0.6) is 5.75 Å². The Balaban J connectivity index is 2.24. The van der Waals surface area contributed by atoms with Crippen molar-refractivity contribution in [2.24, 2.45) is 0 Å². The molecule has 1 N–H and O–H groups in total. The van der Waals surface area contributed by atoms with Crippen molar-refractivity contribution in [1.82, 2.24) is 4.90 Å². The Hall–Kier alpha value is -1.07. The highest BCUT2D eigenvalue weighted by atomic mass is 79.9. The molecule has 0 bridgehead atoms. The number of carbonyl (C=O) groups excluding carboxylic acids is 1. The first-order valence-corrected chi connectivity index (χ1v) is 6.22. The van der Waals surface area contributed by atoms with Gasteiger partial charge in [0, 0.05) is 17.6 Å². The van der Waals surface area contributed by atoms with Crippen LogP contribution in [0, 0.1) is 0 Å². The largest absolute Gasteiger partial charge is 0.497 e. The summed E-state index contributed by atoms with van der Waals surface area (Å²) in [5, 5.41) is 9.44. The monoisotopic (exact) mass is 299 g/mol. The lowest BCUT2D eigenvalue weighted by Gasteiger charge is -2.16. The van der Waals surface area contributed by atoms with Crippen molar-refractivity contribution in [1.29, 1.82) is 0 Å². The van der Waals surface area contributed by atoms with E-state index < -0.39 is 6.10 Å². The number of carbonyl (C=O) groups is 1. The van der Waals surface area contributed by atoms with Crippen LogP contribution in [0.15, 0.2) is 22.7 Å². The van der Waals surface area contributed by atoms with Gasteiger partial charge in [0.15, 0.2) is 0 Å². The number of hydrogen-bond acceptors (Lipinski definition) is 3. The molecule has 1 aliphatic rings. The van der Waals surface area contributed by atoms with Gasteiger partial charge in [-0.2, -0.15) is 0 Å². The first kappa shape index (κ1) is 12.4. The molecule has 1 aromatic rings. The Kier molecular flexibility index (Phi) is 3.69. The lowest BCUT2D eigenvalue weighted by atomic mass is 10.2. The average Bonchev–Trinajstić information content (AvgIpc) is 2.76. The fourth-order valence-corrected chi connectivity index (χ4v) is 2.31. The molecule has 0 unspecified atom stereocenters. The van der Waals surface area contributed by atoms with Gasteiger partial charge in [-0.05, 0) is 40.5 Å². The number of halogens is 1. The maximum Gasteiger partial charge on any atom is 0.255 e. The van der Waals surface area contributed by atoms with E-state index in [1.807, 2.05) is 0 Å². The van der Waals surface area contributed by atoms with Gasteiger partial charge in [0.2, 0.25) is 0 Å². The van der Waals surface area contributed by atoms with Gasteiger partial charge in [-0.1, -0.05) is 0 Å². The number of benzene rings is 1. The summed E-state index contributed by atoms with van der Waals surface area (Å²) >= 11 is 3.36. The lowest BCUT2D eigenvalue weighted by Crippen LogP contribution is -2.29. The van der Waals surface area contributed by atoms with Crippen molar-refractivity contribution in [3.05, 3.63) is 28.2 Å². The van der Waals surface area contributed by atoms with Crippen molar-refractivity contribution in [2.45, 2.75) is 12.5 Å². The minimum atomic E-state index is -0.400. The first-order chi connectivity index (χ1) is 8.11. The van der Waals surface area contributed by atoms with E-state index in [0.717, 1.165) is 4.47 Å². The predicted molar refractivity (Wildman–Crippen MR) is 67.2 cm³/mol. The van der Waals surface area contributed by atoms with E-state index in [2.05, 4.69) is 15.9 Å². The number of hydrogen-bond donors (Lipinski definition) is 1. The highest BCUT2D eigenvalue weighted by Gasteiger charge is 2.26. The summed E-state index contributed by atoms with van der Waals surface area (Å²) in [7, 11) is 1.57. The molecule has 1 atom stereocenters. The second-order valence-corrected chi connectivity index (χ2v) is 4.89. The van der Waals surface area contributed by atoms with Crippen LogP contribution in [0.1, 0.15) is 16.8 Å². The van der Waals surface area contributed by atoms with Crippen molar-refractivity contribution >= 4 is 21.8 Å². The summed E-state index contributed by atoms with van der Waals surface area (Å²) in [6.07, 6.45) is 0.246. The molecule has 92 valence electrons. The number of aliphatic hydroxyl groups excluding tert-OH is 1. The smallest absolute Gasteiger partial charge is 0.255 e. The minimum absolute atomic E-state index is 0.0766. The number of aliphatic hydroxyl groups is 1. The number of amides is 1. The molecule has 0 spiro atoms. The van der Waals surface area contributed by atoms with Crippen LogP contribution in [0.3, 0.4) is 0 Å². The van der Waals surface area contributed by atoms with E-state index >= 15 is 0 Å². The minimum Gasteiger partial charge on any atom is -0.497 e.